The molecule has 3 heterocycles. The van der Waals surface area contributed by atoms with E-state index in [1.165, 1.54) is 50.4 Å². The summed E-state index contributed by atoms with van der Waals surface area (Å²) >= 11 is 0. The van der Waals surface area contributed by atoms with Gasteiger partial charge in [0.1, 0.15) is 11.4 Å². The Kier molecular flexibility index (Phi) is 5.04. The van der Waals surface area contributed by atoms with Crippen LogP contribution in [0, 0.1) is 5.92 Å². The molecule has 3 atom stereocenters. The van der Waals surface area contributed by atoms with E-state index in [-0.39, 0.29) is 5.41 Å². The van der Waals surface area contributed by atoms with Crippen LogP contribution in [-0.4, -0.2) is 4.98 Å². The molecule has 3 nitrogen and oxygen atoms in total. The first kappa shape index (κ1) is 24.2. The molecule has 5 aliphatic rings. The maximum atomic E-state index is 5.03. The maximum absolute atomic E-state index is 5.03. The van der Waals surface area contributed by atoms with Crippen LogP contribution in [-0.2, 0) is 5.41 Å². The fourth-order valence-corrected chi connectivity index (χ4v) is 7.97. The molecule has 0 saturated carbocycles. The van der Waals surface area contributed by atoms with Crippen molar-refractivity contribution in [3.8, 4) is 0 Å². The molecule has 204 valence electrons. The van der Waals surface area contributed by atoms with Crippen LogP contribution in [0.1, 0.15) is 50.2 Å². The zero-order valence-electron chi connectivity index (χ0n) is 24.1. The van der Waals surface area contributed by atoms with Gasteiger partial charge in [0.25, 0.3) is 0 Å². The van der Waals surface area contributed by atoms with E-state index in [4.69, 9.17) is 4.98 Å². The molecule has 0 bridgehead atoms. The van der Waals surface area contributed by atoms with Gasteiger partial charge in [0.2, 0.25) is 0 Å². The fraction of sp³-hybridized carbons (Fsp3) is 0.205. The van der Waals surface area contributed by atoms with Gasteiger partial charge in [0, 0.05) is 44.6 Å². The summed E-state index contributed by atoms with van der Waals surface area (Å²) in [7, 11) is 0. The smallest absolute Gasteiger partial charge is 0.138 e. The molecule has 0 radical (unpaired) electrons. The Morgan fingerprint density at radius 3 is 2.48 bits per heavy atom. The van der Waals surface area contributed by atoms with Crippen LogP contribution in [0.4, 0.5) is 11.4 Å². The van der Waals surface area contributed by atoms with Crippen LogP contribution in [0.2, 0.25) is 0 Å². The first-order valence-corrected chi connectivity index (χ1v) is 15.3. The van der Waals surface area contributed by atoms with Crippen LogP contribution in [0.5, 0.6) is 0 Å². The van der Waals surface area contributed by atoms with Crippen molar-refractivity contribution in [3.63, 3.8) is 0 Å². The normalized spacial score (nSPS) is 25.7. The second-order valence-electron chi connectivity index (χ2n) is 12.9. The minimum Gasteiger partial charge on any atom is -0.312 e. The molecule has 2 aliphatic heterocycles. The predicted octanol–water partition coefficient (Wildman–Crippen LogP) is 8.37. The first-order valence-electron chi connectivity index (χ1n) is 15.3. The third-order valence-electron chi connectivity index (χ3n) is 10.2. The number of allylic oxidation sites excluding steroid dienone is 10. The lowest BCUT2D eigenvalue weighted by Gasteiger charge is -2.31. The Labute approximate surface area is 247 Å². The zero-order valence-corrected chi connectivity index (χ0v) is 24.1. The average Bonchev–Trinajstić information content (AvgIpc) is 3.54. The number of hydrogen-bond acceptors (Lipinski definition) is 2. The number of rotatable bonds is 2. The number of fused-ring (bicyclic) bond motifs is 6. The van der Waals surface area contributed by atoms with E-state index in [0.29, 0.717) is 11.8 Å². The Bertz CT molecular complexity index is 1980. The molecular weight excluding hydrogens is 510 g/mol. The van der Waals surface area contributed by atoms with Crippen LogP contribution in [0.15, 0.2) is 137 Å². The molecule has 0 spiro atoms. The molecule has 4 aromatic rings. The van der Waals surface area contributed by atoms with Crippen molar-refractivity contribution < 1.29 is 5.32 Å². The second kappa shape index (κ2) is 8.77. The number of aromatic nitrogens is 1. The molecule has 3 unspecified atom stereocenters. The number of benzene rings is 3. The van der Waals surface area contributed by atoms with E-state index in [2.05, 4.69) is 133 Å². The van der Waals surface area contributed by atoms with E-state index in [1.807, 2.05) is 0 Å². The highest BCUT2D eigenvalue weighted by Gasteiger charge is 2.41. The minimum absolute atomic E-state index is 0.0353. The number of quaternary nitrogens is 1. The molecule has 0 amide bonds. The van der Waals surface area contributed by atoms with Gasteiger partial charge in [-0.25, -0.2) is 4.98 Å². The predicted molar refractivity (Wildman–Crippen MR) is 172 cm³/mol. The second-order valence-corrected chi connectivity index (χ2v) is 12.9. The van der Waals surface area contributed by atoms with Gasteiger partial charge in [0.15, 0.2) is 0 Å². The van der Waals surface area contributed by atoms with Crippen molar-refractivity contribution in [2.45, 2.75) is 44.4 Å². The summed E-state index contributed by atoms with van der Waals surface area (Å²) in [6.45, 7) is 4.77. The largest absolute Gasteiger partial charge is 0.312 e. The molecule has 0 fully saturated rings. The average molecular weight is 545 g/mol. The summed E-state index contributed by atoms with van der Waals surface area (Å²) in [6, 6.07) is 24.5. The van der Waals surface area contributed by atoms with E-state index in [0.717, 1.165) is 30.3 Å². The van der Waals surface area contributed by atoms with E-state index in [1.54, 1.807) is 11.1 Å². The molecule has 2 N–H and O–H groups in total. The summed E-state index contributed by atoms with van der Waals surface area (Å²) in [5.41, 5.74) is 14.8. The number of anilines is 2. The standard InChI is InChI=1S/C39H33N3/c1-24-15-17-34-29(21-24)31-23-39(2,20-19-35(31)41-34)25-16-18-37-30(22-25)26-9-5-8-14-36(26)42(37)38-27-10-3-6-12-32(27)40-33-13-7-4-11-28(33)38/h3-8,10-20,22,24,26,41H,9,21,23H2,1-2H3/p+1. The number of para-hydroxylation sites is 2. The van der Waals surface area contributed by atoms with E-state index < -0.39 is 0 Å². The van der Waals surface area contributed by atoms with Gasteiger partial charge in [-0.05, 0) is 72.7 Å². The van der Waals surface area contributed by atoms with Gasteiger partial charge in [-0.3, -0.25) is 5.32 Å². The molecule has 42 heavy (non-hydrogen) atoms. The van der Waals surface area contributed by atoms with Crippen molar-refractivity contribution >= 4 is 33.2 Å². The Morgan fingerprint density at radius 2 is 1.67 bits per heavy atom. The van der Waals surface area contributed by atoms with Crippen molar-refractivity contribution in [3.05, 3.63) is 149 Å². The van der Waals surface area contributed by atoms with E-state index >= 15 is 0 Å². The van der Waals surface area contributed by atoms with Crippen LogP contribution in [0.3, 0.4) is 0 Å². The Balaban J connectivity index is 1.19. The lowest BCUT2D eigenvalue weighted by molar-refractivity contribution is -0.542. The summed E-state index contributed by atoms with van der Waals surface area (Å²) in [5, 5.41) is 4.79. The van der Waals surface area contributed by atoms with Crippen LogP contribution < -0.4 is 10.2 Å². The minimum atomic E-state index is -0.0353. The van der Waals surface area contributed by atoms with Gasteiger partial charge in [-0.1, -0.05) is 86.7 Å². The molecule has 3 aliphatic carbocycles. The zero-order chi connectivity index (χ0) is 28.0. The highest BCUT2D eigenvalue weighted by molar-refractivity contribution is 6.11. The topological polar surface area (TPSA) is 32.7 Å². The highest BCUT2D eigenvalue weighted by atomic mass is 15.2. The monoisotopic (exact) mass is 544 g/mol. The Morgan fingerprint density at radius 1 is 0.905 bits per heavy atom. The highest BCUT2D eigenvalue weighted by Crippen LogP contribution is 2.54. The molecular formula is C39H34N3+. The summed E-state index contributed by atoms with van der Waals surface area (Å²) < 4.78 is 0. The van der Waals surface area contributed by atoms with Gasteiger partial charge in [-0.15, -0.1) is 0 Å². The van der Waals surface area contributed by atoms with Crippen molar-refractivity contribution in [2.75, 3.05) is 4.90 Å². The first-order chi connectivity index (χ1) is 20.6. The summed E-state index contributed by atoms with van der Waals surface area (Å²) in [5.74, 6) is 0.956. The number of pyridine rings is 1. The molecule has 3 aromatic carbocycles. The van der Waals surface area contributed by atoms with Gasteiger partial charge in [-0.2, -0.15) is 0 Å². The Hall–Kier alpha value is -4.47. The van der Waals surface area contributed by atoms with Crippen LogP contribution >= 0.6 is 0 Å². The lowest BCUT2D eigenvalue weighted by atomic mass is 9.71. The SMILES string of the molecule is CC1C=CC2=C(C1)C1=C(C=CC(C)(c3ccc4c(c3)C3CC=CC=C3N4c3c4ccccc4nc4ccccc34)C1)[NH2+]2. The number of nitrogens with two attached hydrogens (primary N) is 1. The van der Waals surface area contributed by atoms with Gasteiger partial charge >= 0.3 is 0 Å². The van der Waals surface area contributed by atoms with Crippen LogP contribution in [0.25, 0.3) is 21.8 Å². The molecule has 9 rings (SSSR count). The fourth-order valence-electron chi connectivity index (χ4n) is 7.97. The number of hydrogen-bond donors (Lipinski definition) is 1. The van der Waals surface area contributed by atoms with Gasteiger partial charge in [0.05, 0.1) is 16.7 Å². The third-order valence-corrected chi connectivity index (χ3v) is 10.2. The number of nitrogens with zero attached hydrogens (tertiary/aromatic N) is 2. The van der Waals surface area contributed by atoms with Crippen molar-refractivity contribution in [1.82, 2.24) is 4.98 Å². The summed E-state index contributed by atoms with van der Waals surface area (Å²) in [6.07, 6.45) is 19.7. The van der Waals surface area contributed by atoms with Gasteiger partial charge < -0.3 is 4.90 Å². The summed E-state index contributed by atoms with van der Waals surface area (Å²) in [4.78, 5) is 7.57. The molecule has 1 aromatic heterocycles. The third kappa shape index (κ3) is 3.41. The van der Waals surface area contributed by atoms with Crippen molar-refractivity contribution in [2.24, 2.45) is 5.92 Å². The lowest BCUT2D eigenvalue weighted by Crippen LogP contribution is -2.78. The quantitative estimate of drug-likeness (QED) is 0.257. The van der Waals surface area contributed by atoms with Crippen molar-refractivity contribution in [1.29, 1.82) is 0 Å². The molecule has 3 heteroatoms. The van der Waals surface area contributed by atoms with E-state index in [9.17, 15) is 0 Å². The molecule has 0 saturated heterocycles. The maximum Gasteiger partial charge on any atom is 0.138 e.